The van der Waals surface area contributed by atoms with E-state index in [1.54, 1.807) is 6.07 Å². The molecule has 1 aromatic heterocycles. The predicted molar refractivity (Wildman–Crippen MR) is 95.0 cm³/mol. The Labute approximate surface area is 142 Å². The molecule has 0 bridgehead atoms. The van der Waals surface area contributed by atoms with Gasteiger partial charge < -0.3 is 14.8 Å². The van der Waals surface area contributed by atoms with Gasteiger partial charge in [-0.1, -0.05) is 19.1 Å². The number of aliphatic hydroxyl groups excluding tert-OH is 1. The van der Waals surface area contributed by atoms with Crippen LogP contribution in [0.25, 0.3) is 10.9 Å². The van der Waals surface area contributed by atoms with Crippen LogP contribution in [0.2, 0.25) is 0 Å². The third kappa shape index (κ3) is 5.40. The molecule has 2 rings (SSSR count). The number of fused-ring (bicyclic) bond motifs is 1. The summed E-state index contributed by atoms with van der Waals surface area (Å²) in [5.41, 5.74) is 0.274. The molecule has 24 heavy (non-hydrogen) atoms. The van der Waals surface area contributed by atoms with E-state index in [-0.39, 0.29) is 17.8 Å². The Morgan fingerprint density at radius 3 is 2.71 bits per heavy atom. The van der Waals surface area contributed by atoms with Crippen molar-refractivity contribution >= 4 is 10.9 Å². The monoisotopic (exact) mass is 333 g/mol. The van der Waals surface area contributed by atoms with Gasteiger partial charge in [-0.25, -0.2) is 4.98 Å². The van der Waals surface area contributed by atoms with Crippen LogP contribution in [0, 0.1) is 0 Å². The van der Waals surface area contributed by atoms with Crippen molar-refractivity contribution in [3.63, 3.8) is 0 Å². The van der Waals surface area contributed by atoms with Crippen LogP contribution in [0.3, 0.4) is 0 Å². The molecule has 6 heteroatoms. The van der Waals surface area contributed by atoms with Crippen LogP contribution in [-0.4, -0.2) is 51.4 Å². The molecule has 132 valence electrons. The minimum Gasteiger partial charge on any atom is -0.389 e. The van der Waals surface area contributed by atoms with E-state index in [0.29, 0.717) is 29.8 Å². The van der Waals surface area contributed by atoms with Gasteiger partial charge in [0.05, 0.1) is 35.8 Å². The van der Waals surface area contributed by atoms with Crippen molar-refractivity contribution in [2.45, 2.75) is 45.9 Å². The van der Waals surface area contributed by atoms with Gasteiger partial charge in [0.15, 0.2) is 0 Å². The lowest BCUT2D eigenvalue weighted by atomic mass is 10.2. The summed E-state index contributed by atoms with van der Waals surface area (Å²) in [7, 11) is 0. The van der Waals surface area contributed by atoms with Crippen LogP contribution in [0.4, 0.5) is 0 Å². The summed E-state index contributed by atoms with van der Waals surface area (Å²) in [6.45, 7) is 9.84. The molecular formula is C18H27N3O3. The summed E-state index contributed by atoms with van der Waals surface area (Å²) in [5.74, 6) is 0.601. The standard InChI is InChI=1S/C18H27N3O3/c1-5-21(10-13(22)12-24-18(2,3)4)11-16-19-15-9-7-6-8-14(15)17(23)20-16/h6-9,13,22H,5,10-12H2,1-4H3,(H,19,20,23). The number of ether oxygens (including phenoxy) is 1. The van der Waals surface area contributed by atoms with Crippen molar-refractivity contribution in [3.05, 3.63) is 40.4 Å². The molecule has 0 aliphatic carbocycles. The smallest absolute Gasteiger partial charge is 0.258 e. The molecule has 0 radical (unpaired) electrons. The highest BCUT2D eigenvalue weighted by atomic mass is 16.5. The molecule has 0 saturated heterocycles. The Balaban J connectivity index is 2.03. The molecule has 0 saturated carbocycles. The average molecular weight is 333 g/mol. The van der Waals surface area contributed by atoms with E-state index in [9.17, 15) is 9.90 Å². The summed E-state index contributed by atoms with van der Waals surface area (Å²) < 4.78 is 5.61. The maximum Gasteiger partial charge on any atom is 0.258 e. The first kappa shape index (κ1) is 18.6. The molecule has 1 atom stereocenters. The lowest BCUT2D eigenvalue weighted by Gasteiger charge is -2.26. The summed E-state index contributed by atoms with van der Waals surface area (Å²) >= 11 is 0. The molecule has 0 fully saturated rings. The second-order valence-electron chi connectivity index (χ2n) is 6.93. The van der Waals surface area contributed by atoms with Crippen molar-refractivity contribution in [2.75, 3.05) is 19.7 Å². The number of nitrogens with one attached hydrogen (secondary N) is 1. The SMILES string of the molecule is CCN(Cc1nc2ccccc2c(=O)[nH]1)CC(O)COC(C)(C)C. The fourth-order valence-corrected chi connectivity index (χ4v) is 2.42. The van der Waals surface area contributed by atoms with Gasteiger partial charge in [0.25, 0.3) is 5.56 Å². The number of nitrogens with zero attached hydrogens (tertiary/aromatic N) is 2. The van der Waals surface area contributed by atoms with Crippen molar-refractivity contribution in [2.24, 2.45) is 0 Å². The third-order valence-electron chi connectivity index (χ3n) is 3.66. The number of aliphatic hydroxyl groups is 1. The number of para-hydroxylation sites is 1. The van der Waals surface area contributed by atoms with E-state index in [0.717, 1.165) is 6.54 Å². The van der Waals surface area contributed by atoms with E-state index < -0.39 is 6.10 Å². The summed E-state index contributed by atoms with van der Waals surface area (Å²) in [6.07, 6.45) is -0.587. The molecule has 2 aromatic rings. The van der Waals surface area contributed by atoms with Gasteiger partial charge in [-0.3, -0.25) is 9.69 Å². The maximum atomic E-state index is 12.1. The number of aromatic amines is 1. The Morgan fingerprint density at radius 2 is 2.04 bits per heavy atom. The number of rotatable bonds is 7. The molecule has 1 unspecified atom stereocenters. The molecular weight excluding hydrogens is 306 g/mol. The minimum atomic E-state index is -0.587. The summed E-state index contributed by atoms with van der Waals surface area (Å²) in [4.78, 5) is 21.5. The Kier molecular flexibility index (Phi) is 6.10. The molecule has 0 aliphatic heterocycles. The van der Waals surface area contributed by atoms with Gasteiger partial charge in [-0.2, -0.15) is 0 Å². The molecule has 6 nitrogen and oxygen atoms in total. The fourth-order valence-electron chi connectivity index (χ4n) is 2.42. The van der Waals surface area contributed by atoms with Crippen molar-refractivity contribution in [1.29, 1.82) is 0 Å². The third-order valence-corrected chi connectivity index (χ3v) is 3.66. The lowest BCUT2D eigenvalue weighted by Crippen LogP contribution is -2.37. The lowest BCUT2D eigenvalue weighted by molar-refractivity contribution is -0.0564. The van der Waals surface area contributed by atoms with E-state index in [2.05, 4.69) is 9.97 Å². The topological polar surface area (TPSA) is 78.5 Å². The predicted octanol–water partition coefficient (Wildman–Crippen LogP) is 1.92. The normalized spacial score (nSPS) is 13.6. The molecule has 0 amide bonds. The number of hydrogen-bond donors (Lipinski definition) is 2. The zero-order valence-electron chi connectivity index (χ0n) is 14.9. The Hall–Kier alpha value is -1.76. The first-order valence-electron chi connectivity index (χ1n) is 8.31. The Morgan fingerprint density at radius 1 is 1.33 bits per heavy atom. The van der Waals surface area contributed by atoms with Gasteiger partial charge in [-0.15, -0.1) is 0 Å². The van der Waals surface area contributed by atoms with E-state index in [4.69, 9.17) is 4.74 Å². The number of aromatic nitrogens is 2. The molecule has 0 aliphatic rings. The largest absolute Gasteiger partial charge is 0.389 e. The van der Waals surface area contributed by atoms with E-state index in [1.165, 1.54) is 0 Å². The highest BCUT2D eigenvalue weighted by Crippen LogP contribution is 2.09. The van der Waals surface area contributed by atoms with Crippen molar-refractivity contribution in [1.82, 2.24) is 14.9 Å². The minimum absolute atomic E-state index is 0.136. The van der Waals surface area contributed by atoms with Crippen LogP contribution in [0.15, 0.2) is 29.1 Å². The van der Waals surface area contributed by atoms with Gasteiger partial charge in [0.1, 0.15) is 5.82 Å². The zero-order chi connectivity index (χ0) is 17.7. The number of likely N-dealkylation sites (N-methyl/N-ethyl adjacent to an activating group) is 1. The molecule has 1 heterocycles. The van der Waals surface area contributed by atoms with Crippen LogP contribution >= 0.6 is 0 Å². The van der Waals surface area contributed by atoms with Crippen LogP contribution < -0.4 is 5.56 Å². The van der Waals surface area contributed by atoms with Crippen LogP contribution in [0.5, 0.6) is 0 Å². The fraction of sp³-hybridized carbons (Fsp3) is 0.556. The molecule has 1 aromatic carbocycles. The molecule has 2 N–H and O–H groups in total. The second-order valence-corrected chi connectivity index (χ2v) is 6.93. The van der Waals surface area contributed by atoms with Gasteiger partial charge in [0.2, 0.25) is 0 Å². The van der Waals surface area contributed by atoms with E-state index in [1.807, 2.05) is 50.8 Å². The maximum absolute atomic E-state index is 12.1. The molecule has 0 spiro atoms. The van der Waals surface area contributed by atoms with Crippen molar-refractivity contribution in [3.8, 4) is 0 Å². The summed E-state index contributed by atoms with van der Waals surface area (Å²) in [6, 6.07) is 7.28. The first-order chi connectivity index (χ1) is 11.3. The highest BCUT2D eigenvalue weighted by molar-refractivity contribution is 5.77. The van der Waals surface area contributed by atoms with Gasteiger partial charge >= 0.3 is 0 Å². The average Bonchev–Trinajstić information content (AvgIpc) is 2.52. The zero-order valence-corrected chi connectivity index (χ0v) is 14.9. The number of benzene rings is 1. The van der Waals surface area contributed by atoms with Crippen LogP contribution in [0.1, 0.15) is 33.5 Å². The Bertz CT molecular complexity index is 721. The second kappa shape index (κ2) is 7.88. The van der Waals surface area contributed by atoms with Crippen molar-refractivity contribution < 1.29 is 9.84 Å². The van der Waals surface area contributed by atoms with Gasteiger partial charge in [-0.05, 0) is 39.4 Å². The number of hydrogen-bond acceptors (Lipinski definition) is 5. The highest BCUT2D eigenvalue weighted by Gasteiger charge is 2.17. The quantitative estimate of drug-likeness (QED) is 0.809. The first-order valence-corrected chi connectivity index (χ1v) is 8.31. The number of H-pyrrole nitrogens is 1. The van der Waals surface area contributed by atoms with Crippen LogP contribution in [-0.2, 0) is 11.3 Å². The van der Waals surface area contributed by atoms with Gasteiger partial charge in [0, 0.05) is 6.54 Å². The summed E-state index contributed by atoms with van der Waals surface area (Å²) in [5, 5.41) is 10.7. The van der Waals surface area contributed by atoms with E-state index >= 15 is 0 Å².